The van der Waals surface area contributed by atoms with Crippen molar-refractivity contribution in [1.82, 2.24) is 4.90 Å². The van der Waals surface area contributed by atoms with Gasteiger partial charge in [0.25, 0.3) is 0 Å². The third-order valence-corrected chi connectivity index (χ3v) is 4.00. The van der Waals surface area contributed by atoms with Gasteiger partial charge in [0, 0.05) is 24.8 Å². The summed E-state index contributed by atoms with van der Waals surface area (Å²) in [7, 11) is 3.96. The molecule has 126 valence electrons. The summed E-state index contributed by atoms with van der Waals surface area (Å²) in [6.07, 6.45) is 11.4. The largest absolute Gasteiger partial charge is 0.306 e. The SMILES string of the molecule is CCC(C/C=C\CC(=O)C(CC)CC)C(=O)C=CCN(C)C. The molecule has 3 heteroatoms. The molecule has 1 atom stereocenters. The Bertz CT molecular complexity index is 379. The number of Topliss-reactive ketones (excluding diaryl/α,β-unsaturated/α-hetero) is 1. The van der Waals surface area contributed by atoms with Crippen LogP contribution in [-0.4, -0.2) is 37.1 Å². The van der Waals surface area contributed by atoms with Crippen LogP contribution < -0.4 is 0 Å². The quantitative estimate of drug-likeness (QED) is 0.403. The van der Waals surface area contributed by atoms with Crippen LogP contribution in [0.5, 0.6) is 0 Å². The number of allylic oxidation sites excluding steroid dienone is 3. The monoisotopic (exact) mass is 307 g/mol. The number of hydrogen-bond donors (Lipinski definition) is 0. The average molecular weight is 307 g/mol. The Labute approximate surface area is 136 Å². The van der Waals surface area contributed by atoms with Crippen molar-refractivity contribution in [2.45, 2.75) is 52.9 Å². The van der Waals surface area contributed by atoms with E-state index in [9.17, 15) is 9.59 Å². The molecule has 1 unspecified atom stereocenters. The van der Waals surface area contributed by atoms with Crippen LogP contribution in [0.4, 0.5) is 0 Å². The van der Waals surface area contributed by atoms with E-state index in [2.05, 4.69) is 13.8 Å². The Morgan fingerprint density at radius 3 is 2.00 bits per heavy atom. The van der Waals surface area contributed by atoms with Crippen molar-refractivity contribution in [3.63, 3.8) is 0 Å². The number of carbonyl (C=O) groups is 2. The molecule has 22 heavy (non-hydrogen) atoms. The van der Waals surface area contributed by atoms with Crippen molar-refractivity contribution in [1.29, 1.82) is 0 Å². The number of likely N-dealkylation sites (N-methyl/N-ethyl adjacent to an activating group) is 1. The molecule has 0 heterocycles. The topological polar surface area (TPSA) is 37.4 Å². The number of rotatable bonds is 12. The molecule has 0 radical (unpaired) electrons. The van der Waals surface area contributed by atoms with Crippen LogP contribution in [0.3, 0.4) is 0 Å². The molecule has 0 rings (SSSR count). The smallest absolute Gasteiger partial charge is 0.158 e. The van der Waals surface area contributed by atoms with Crippen LogP contribution in [0.2, 0.25) is 0 Å². The standard InChI is InChI=1S/C19H33NO2/c1-6-16(7-2)18(21)13-10-9-12-17(8-3)19(22)14-11-15-20(4)5/h9-11,14,16-17H,6-8,12-13,15H2,1-5H3/b10-9-,14-11?. The second kappa shape index (κ2) is 12.3. The van der Waals surface area contributed by atoms with E-state index in [4.69, 9.17) is 0 Å². The first-order valence-corrected chi connectivity index (χ1v) is 8.48. The third kappa shape index (κ3) is 8.93. The van der Waals surface area contributed by atoms with Crippen molar-refractivity contribution in [3.05, 3.63) is 24.3 Å². The number of ketones is 2. The highest BCUT2D eigenvalue weighted by Crippen LogP contribution is 2.14. The van der Waals surface area contributed by atoms with E-state index in [1.165, 1.54) is 0 Å². The van der Waals surface area contributed by atoms with Gasteiger partial charge in [-0.25, -0.2) is 0 Å². The fraction of sp³-hybridized carbons (Fsp3) is 0.684. The molecule has 0 aromatic rings. The minimum Gasteiger partial charge on any atom is -0.306 e. The van der Waals surface area contributed by atoms with Gasteiger partial charge in [-0.05, 0) is 45.9 Å². The van der Waals surface area contributed by atoms with Gasteiger partial charge in [0.15, 0.2) is 5.78 Å². The molecule has 0 aromatic carbocycles. The summed E-state index contributed by atoms with van der Waals surface area (Å²) in [6.45, 7) is 6.93. The summed E-state index contributed by atoms with van der Waals surface area (Å²) >= 11 is 0. The molecule has 0 N–H and O–H groups in total. The lowest BCUT2D eigenvalue weighted by molar-refractivity contribution is -0.122. The maximum Gasteiger partial charge on any atom is 0.158 e. The lowest BCUT2D eigenvalue weighted by atomic mass is 9.94. The molecule has 0 spiro atoms. The first-order valence-electron chi connectivity index (χ1n) is 8.48. The maximum atomic E-state index is 12.1. The van der Waals surface area contributed by atoms with E-state index >= 15 is 0 Å². The van der Waals surface area contributed by atoms with Gasteiger partial charge in [-0.1, -0.05) is 39.0 Å². The van der Waals surface area contributed by atoms with E-state index < -0.39 is 0 Å². The first-order chi connectivity index (χ1) is 10.5. The van der Waals surface area contributed by atoms with Crippen molar-refractivity contribution in [2.75, 3.05) is 20.6 Å². The second-order valence-electron chi connectivity index (χ2n) is 6.06. The fourth-order valence-electron chi connectivity index (χ4n) is 2.37. The number of nitrogens with zero attached hydrogens (tertiary/aromatic N) is 1. The Kier molecular flexibility index (Phi) is 11.7. The highest BCUT2D eigenvalue weighted by Gasteiger charge is 2.13. The van der Waals surface area contributed by atoms with Gasteiger partial charge in [0.2, 0.25) is 0 Å². The Morgan fingerprint density at radius 2 is 1.50 bits per heavy atom. The van der Waals surface area contributed by atoms with E-state index in [1.807, 2.05) is 44.1 Å². The summed E-state index contributed by atoms with van der Waals surface area (Å²) in [6, 6.07) is 0. The molecule has 0 aromatic heterocycles. The molecule has 0 aliphatic carbocycles. The maximum absolute atomic E-state index is 12.1. The van der Waals surface area contributed by atoms with Crippen LogP contribution >= 0.6 is 0 Å². The zero-order valence-electron chi connectivity index (χ0n) is 15.0. The van der Waals surface area contributed by atoms with E-state index in [-0.39, 0.29) is 17.6 Å². The summed E-state index contributed by atoms with van der Waals surface area (Å²) in [5.41, 5.74) is 0. The van der Waals surface area contributed by atoms with E-state index in [1.54, 1.807) is 6.08 Å². The van der Waals surface area contributed by atoms with Gasteiger partial charge in [-0.15, -0.1) is 0 Å². The predicted octanol–water partition coefficient (Wildman–Crippen LogP) is 4.04. The number of hydrogen-bond acceptors (Lipinski definition) is 3. The van der Waals surface area contributed by atoms with Gasteiger partial charge in [-0.2, -0.15) is 0 Å². The van der Waals surface area contributed by atoms with Gasteiger partial charge in [-0.3, -0.25) is 9.59 Å². The molecule has 0 fully saturated rings. The second-order valence-corrected chi connectivity index (χ2v) is 6.06. The average Bonchev–Trinajstić information content (AvgIpc) is 2.48. The van der Waals surface area contributed by atoms with Crippen molar-refractivity contribution in [3.8, 4) is 0 Å². The van der Waals surface area contributed by atoms with Crippen molar-refractivity contribution >= 4 is 11.6 Å². The highest BCUT2D eigenvalue weighted by atomic mass is 16.1. The molecule has 0 saturated carbocycles. The zero-order chi connectivity index (χ0) is 17.0. The van der Waals surface area contributed by atoms with Gasteiger partial charge in [0.05, 0.1) is 0 Å². The van der Waals surface area contributed by atoms with E-state index in [0.29, 0.717) is 12.2 Å². The first kappa shape index (κ1) is 20.8. The van der Waals surface area contributed by atoms with Crippen molar-refractivity contribution in [2.24, 2.45) is 11.8 Å². The van der Waals surface area contributed by atoms with E-state index in [0.717, 1.165) is 32.2 Å². The Balaban J connectivity index is 4.28. The van der Waals surface area contributed by atoms with Crippen LogP contribution in [0.1, 0.15) is 52.9 Å². The molecule has 3 nitrogen and oxygen atoms in total. The van der Waals surface area contributed by atoms with Gasteiger partial charge >= 0.3 is 0 Å². The molecule has 0 aliphatic heterocycles. The zero-order valence-corrected chi connectivity index (χ0v) is 15.0. The molecule has 0 aliphatic rings. The van der Waals surface area contributed by atoms with Crippen molar-refractivity contribution < 1.29 is 9.59 Å². The molecule has 0 amide bonds. The molecular formula is C19H33NO2. The van der Waals surface area contributed by atoms with Crippen LogP contribution in [0, 0.1) is 11.8 Å². The fourth-order valence-corrected chi connectivity index (χ4v) is 2.37. The highest BCUT2D eigenvalue weighted by molar-refractivity contribution is 5.91. The van der Waals surface area contributed by atoms with Gasteiger partial charge in [0.1, 0.15) is 5.78 Å². The lowest BCUT2D eigenvalue weighted by Gasteiger charge is -2.10. The minimum absolute atomic E-state index is 0.0258. The molecular weight excluding hydrogens is 274 g/mol. The predicted molar refractivity (Wildman–Crippen MR) is 93.9 cm³/mol. The normalized spacial score (nSPS) is 13.6. The van der Waals surface area contributed by atoms with Crippen LogP contribution in [-0.2, 0) is 9.59 Å². The lowest BCUT2D eigenvalue weighted by Crippen LogP contribution is -2.13. The molecule has 0 saturated heterocycles. The summed E-state index contributed by atoms with van der Waals surface area (Å²) in [5, 5.41) is 0. The summed E-state index contributed by atoms with van der Waals surface area (Å²) < 4.78 is 0. The Morgan fingerprint density at radius 1 is 0.909 bits per heavy atom. The molecule has 0 bridgehead atoms. The summed E-state index contributed by atoms with van der Waals surface area (Å²) in [4.78, 5) is 26.0. The third-order valence-electron chi connectivity index (χ3n) is 4.00. The minimum atomic E-state index is 0.0258. The van der Waals surface area contributed by atoms with Crippen LogP contribution in [0.25, 0.3) is 0 Å². The summed E-state index contributed by atoms with van der Waals surface area (Å²) in [5.74, 6) is 0.701. The van der Waals surface area contributed by atoms with Crippen LogP contribution in [0.15, 0.2) is 24.3 Å². The number of carbonyl (C=O) groups excluding carboxylic acids is 2. The Hall–Kier alpha value is -1.22. The van der Waals surface area contributed by atoms with Gasteiger partial charge < -0.3 is 4.90 Å².